The molecule has 0 saturated carbocycles. The zero-order valence-electron chi connectivity index (χ0n) is 11.5. The quantitative estimate of drug-likeness (QED) is 0.540. The van der Waals surface area contributed by atoms with Gasteiger partial charge in [0.05, 0.1) is 17.1 Å². The number of aliphatic hydroxyl groups is 2. The summed E-state index contributed by atoms with van der Waals surface area (Å²) in [6.07, 6.45) is -1.96. The zero-order valence-corrected chi connectivity index (χ0v) is 11.5. The van der Waals surface area contributed by atoms with Gasteiger partial charge in [0.1, 0.15) is 5.69 Å². The van der Waals surface area contributed by atoms with Crippen LogP contribution in [0.5, 0.6) is 0 Å². The summed E-state index contributed by atoms with van der Waals surface area (Å²) in [5.74, 6) is -0.447. The van der Waals surface area contributed by atoms with Crippen LogP contribution < -0.4 is 5.32 Å². The fourth-order valence-electron chi connectivity index (χ4n) is 2.27. The molecule has 114 valence electrons. The van der Waals surface area contributed by atoms with Gasteiger partial charge in [0.15, 0.2) is 0 Å². The molecule has 1 aromatic carbocycles. The van der Waals surface area contributed by atoms with Gasteiger partial charge in [0.2, 0.25) is 0 Å². The maximum atomic E-state index is 12.2. The van der Waals surface area contributed by atoms with Crippen molar-refractivity contribution in [3.63, 3.8) is 0 Å². The Hall–Kier alpha value is -2.19. The van der Waals surface area contributed by atoms with Crippen molar-refractivity contribution < 1.29 is 19.9 Å². The first-order chi connectivity index (χ1) is 9.93. The van der Waals surface area contributed by atoms with Gasteiger partial charge in [-0.05, 0) is 19.1 Å². The maximum Gasteiger partial charge on any atom is 0.293 e. The highest BCUT2D eigenvalue weighted by molar-refractivity contribution is 5.96. The van der Waals surface area contributed by atoms with Crippen molar-refractivity contribution in [1.29, 1.82) is 0 Å². The molecule has 0 aliphatic carbocycles. The van der Waals surface area contributed by atoms with E-state index in [4.69, 9.17) is 0 Å². The van der Waals surface area contributed by atoms with Gasteiger partial charge in [-0.15, -0.1) is 0 Å². The number of nitrogens with zero attached hydrogens (tertiary/aromatic N) is 2. The third-order valence-electron chi connectivity index (χ3n) is 3.35. The molecule has 1 amide bonds. The van der Waals surface area contributed by atoms with Gasteiger partial charge < -0.3 is 20.4 Å². The van der Waals surface area contributed by atoms with E-state index in [1.165, 1.54) is 23.1 Å². The van der Waals surface area contributed by atoms with Crippen molar-refractivity contribution in [2.75, 3.05) is 25.0 Å². The number of aliphatic hydroxyl groups excluding tert-OH is 2. The van der Waals surface area contributed by atoms with Crippen LogP contribution >= 0.6 is 0 Å². The molecule has 2 unspecified atom stereocenters. The molecule has 0 radical (unpaired) electrons. The number of rotatable bonds is 4. The Kier molecular flexibility index (Phi) is 4.39. The number of carbonyl (C=O) groups excluding carboxylic acids is 1. The number of nitro groups is 1. The lowest BCUT2D eigenvalue weighted by Crippen LogP contribution is -2.29. The highest BCUT2D eigenvalue weighted by atomic mass is 16.6. The van der Waals surface area contributed by atoms with Crippen LogP contribution in [0.15, 0.2) is 18.2 Å². The van der Waals surface area contributed by atoms with Crippen LogP contribution in [0.2, 0.25) is 0 Å². The SMILES string of the molecule is CCNc1ccc(C(=O)N2CC(O)C(O)C2)cc1[N+](=O)[O-]. The first-order valence-electron chi connectivity index (χ1n) is 6.61. The number of β-amino-alcohol motifs (C(OH)–C–C–N with tert-alkyl or cyclic N) is 2. The summed E-state index contributed by atoms with van der Waals surface area (Å²) in [7, 11) is 0. The minimum absolute atomic E-state index is 0.0166. The third-order valence-corrected chi connectivity index (χ3v) is 3.35. The number of anilines is 1. The smallest absolute Gasteiger partial charge is 0.293 e. The Morgan fingerprint density at radius 1 is 1.43 bits per heavy atom. The van der Waals surface area contributed by atoms with E-state index in [9.17, 15) is 25.1 Å². The van der Waals surface area contributed by atoms with E-state index in [1.54, 1.807) is 0 Å². The van der Waals surface area contributed by atoms with Crippen LogP contribution in [0, 0.1) is 10.1 Å². The summed E-state index contributed by atoms with van der Waals surface area (Å²) in [6, 6.07) is 4.18. The van der Waals surface area contributed by atoms with Crippen molar-refractivity contribution >= 4 is 17.3 Å². The van der Waals surface area contributed by atoms with Gasteiger partial charge >= 0.3 is 0 Å². The van der Waals surface area contributed by atoms with E-state index in [0.717, 1.165) is 0 Å². The van der Waals surface area contributed by atoms with Crippen LogP contribution in [-0.4, -0.2) is 57.8 Å². The van der Waals surface area contributed by atoms with Gasteiger partial charge in [-0.2, -0.15) is 0 Å². The van der Waals surface area contributed by atoms with Crippen molar-refractivity contribution in [2.24, 2.45) is 0 Å². The Labute approximate surface area is 121 Å². The molecule has 1 heterocycles. The molecular formula is C13H17N3O5. The predicted octanol–water partition coefficient (Wildman–Crippen LogP) is 0.204. The molecule has 21 heavy (non-hydrogen) atoms. The average molecular weight is 295 g/mol. The first kappa shape index (κ1) is 15.2. The van der Waals surface area contributed by atoms with E-state index in [-0.39, 0.29) is 24.3 Å². The number of carbonyl (C=O) groups is 1. The number of hydrogen-bond donors (Lipinski definition) is 3. The third kappa shape index (κ3) is 3.11. The van der Waals surface area contributed by atoms with Gasteiger partial charge in [-0.1, -0.05) is 0 Å². The van der Waals surface area contributed by atoms with Crippen LogP contribution in [0.1, 0.15) is 17.3 Å². The average Bonchev–Trinajstić information content (AvgIpc) is 2.78. The lowest BCUT2D eigenvalue weighted by Gasteiger charge is -2.15. The molecule has 0 bridgehead atoms. The summed E-state index contributed by atoms with van der Waals surface area (Å²) in [5, 5.41) is 32.8. The Balaban J connectivity index is 2.26. The molecule has 3 N–H and O–H groups in total. The molecule has 0 aromatic heterocycles. The Bertz CT molecular complexity index is 553. The summed E-state index contributed by atoms with van der Waals surface area (Å²) in [5.41, 5.74) is 0.327. The van der Waals surface area contributed by atoms with Crippen LogP contribution in [-0.2, 0) is 0 Å². The summed E-state index contributed by atoms with van der Waals surface area (Å²) in [4.78, 5) is 24.0. The minimum atomic E-state index is -0.982. The number of hydrogen-bond acceptors (Lipinski definition) is 6. The number of nitrogens with one attached hydrogen (secondary N) is 1. The molecule has 2 rings (SSSR count). The van der Waals surface area contributed by atoms with Crippen molar-refractivity contribution in [2.45, 2.75) is 19.1 Å². The zero-order chi connectivity index (χ0) is 15.6. The van der Waals surface area contributed by atoms with Crippen molar-refractivity contribution in [3.8, 4) is 0 Å². The highest BCUT2D eigenvalue weighted by Crippen LogP contribution is 2.26. The molecule has 0 spiro atoms. The molecule has 2 atom stereocenters. The second-order valence-electron chi connectivity index (χ2n) is 4.86. The van der Waals surface area contributed by atoms with E-state index >= 15 is 0 Å². The highest BCUT2D eigenvalue weighted by Gasteiger charge is 2.33. The van der Waals surface area contributed by atoms with E-state index in [1.807, 2.05) is 6.92 Å². The minimum Gasteiger partial charge on any atom is -0.388 e. The molecular weight excluding hydrogens is 278 g/mol. The van der Waals surface area contributed by atoms with Gasteiger partial charge in [0, 0.05) is 31.3 Å². The number of benzene rings is 1. The van der Waals surface area contributed by atoms with E-state index in [0.29, 0.717) is 12.2 Å². The summed E-state index contributed by atoms with van der Waals surface area (Å²) < 4.78 is 0. The Morgan fingerprint density at radius 3 is 2.57 bits per heavy atom. The molecule has 1 aliphatic rings. The van der Waals surface area contributed by atoms with E-state index < -0.39 is 23.0 Å². The molecule has 1 fully saturated rings. The first-order valence-corrected chi connectivity index (χ1v) is 6.61. The number of likely N-dealkylation sites (tertiary alicyclic amines) is 1. The van der Waals surface area contributed by atoms with E-state index in [2.05, 4.69) is 5.32 Å². The second-order valence-corrected chi connectivity index (χ2v) is 4.86. The predicted molar refractivity (Wildman–Crippen MR) is 75.2 cm³/mol. The molecule has 1 saturated heterocycles. The fraction of sp³-hybridized carbons (Fsp3) is 0.462. The normalized spacial score (nSPS) is 21.4. The fourth-order valence-corrected chi connectivity index (χ4v) is 2.27. The number of nitro benzene ring substituents is 1. The lowest BCUT2D eigenvalue weighted by molar-refractivity contribution is -0.384. The van der Waals surface area contributed by atoms with Crippen LogP contribution in [0.4, 0.5) is 11.4 Å². The maximum absolute atomic E-state index is 12.2. The Morgan fingerprint density at radius 2 is 2.05 bits per heavy atom. The number of amides is 1. The van der Waals surface area contributed by atoms with Crippen molar-refractivity contribution in [1.82, 2.24) is 4.90 Å². The monoisotopic (exact) mass is 295 g/mol. The molecule has 1 aromatic rings. The van der Waals surface area contributed by atoms with Gasteiger partial charge in [0.25, 0.3) is 11.6 Å². The molecule has 8 nitrogen and oxygen atoms in total. The molecule has 1 aliphatic heterocycles. The topological polar surface area (TPSA) is 116 Å². The second kappa shape index (κ2) is 6.06. The van der Waals surface area contributed by atoms with Crippen LogP contribution in [0.25, 0.3) is 0 Å². The standard InChI is InChI=1S/C13H17N3O5/c1-2-14-9-4-3-8(5-10(9)16(20)21)13(19)15-6-11(17)12(18)7-15/h3-5,11-12,14,17-18H,2,6-7H2,1H3. The largest absolute Gasteiger partial charge is 0.388 e. The van der Waals surface area contributed by atoms with Crippen molar-refractivity contribution in [3.05, 3.63) is 33.9 Å². The van der Waals surface area contributed by atoms with Gasteiger partial charge in [-0.25, -0.2) is 0 Å². The summed E-state index contributed by atoms with van der Waals surface area (Å²) in [6.45, 7) is 2.37. The molecule has 8 heteroatoms. The lowest BCUT2D eigenvalue weighted by atomic mass is 10.1. The van der Waals surface area contributed by atoms with Gasteiger partial charge in [-0.3, -0.25) is 14.9 Å². The summed E-state index contributed by atoms with van der Waals surface area (Å²) >= 11 is 0. The van der Waals surface area contributed by atoms with Crippen LogP contribution in [0.3, 0.4) is 0 Å².